The third-order valence-corrected chi connectivity index (χ3v) is 2.78. The number of aliphatic hydroxyl groups is 1. The molecule has 2 aromatic rings. The highest BCUT2D eigenvalue weighted by Crippen LogP contribution is 2.18. The van der Waals surface area contributed by atoms with E-state index in [9.17, 15) is 18.7 Å². The molecule has 0 atom stereocenters. The number of benzene rings is 2. The number of aliphatic hydroxyl groups excluding tert-OH is 1. The van der Waals surface area contributed by atoms with Crippen molar-refractivity contribution in [2.24, 2.45) is 0 Å². The fraction of sp³-hybridized carbons (Fsp3) is 0.133. The summed E-state index contributed by atoms with van der Waals surface area (Å²) in [5.74, 6) is -0.420. The summed E-state index contributed by atoms with van der Waals surface area (Å²) in [5, 5.41) is 11.8. The van der Waals surface area contributed by atoms with E-state index >= 15 is 0 Å². The first kappa shape index (κ1) is 14.9. The standard InChI is InChI=1S/C15H13F2NO3/c16-15(17)21-12-7-5-10(6-8-12)14(20)18-13-4-2-1-3-11(13)9-19/h1-8,15,19H,9H2,(H,18,20). The van der Waals surface area contributed by atoms with E-state index in [4.69, 9.17) is 0 Å². The smallest absolute Gasteiger partial charge is 0.387 e. The average Bonchev–Trinajstić information content (AvgIpc) is 2.48. The molecule has 1 amide bonds. The van der Waals surface area contributed by atoms with Crippen LogP contribution in [0, 0.1) is 0 Å². The molecule has 0 spiro atoms. The molecule has 0 fully saturated rings. The van der Waals surface area contributed by atoms with Crippen LogP contribution in [0.5, 0.6) is 5.75 Å². The summed E-state index contributed by atoms with van der Waals surface area (Å²) in [7, 11) is 0. The van der Waals surface area contributed by atoms with Gasteiger partial charge in [0, 0.05) is 16.8 Å². The lowest BCUT2D eigenvalue weighted by Crippen LogP contribution is -2.13. The third kappa shape index (κ3) is 4.00. The minimum absolute atomic E-state index is 0.0164. The molecule has 0 radical (unpaired) electrons. The van der Waals surface area contributed by atoms with E-state index in [0.29, 0.717) is 16.8 Å². The number of hydrogen-bond acceptors (Lipinski definition) is 3. The van der Waals surface area contributed by atoms with Crippen LogP contribution >= 0.6 is 0 Å². The predicted molar refractivity (Wildman–Crippen MR) is 73.4 cm³/mol. The van der Waals surface area contributed by atoms with Crippen LogP contribution in [-0.2, 0) is 6.61 Å². The number of rotatable bonds is 5. The molecule has 0 unspecified atom stereocenters. The molecule has 4 nitrogen and oxygen atoms in total. The van der Waals surface area contributed by atoms with Crippen LogP contribution in [0.4, 0.5) is 14.5 Å². The first-order valence-electron chi connectivity index (χ1n) is 6.15. The fourth-order valence-corrected chi connectivity index (χ4v) is 1.76. The van der Waals surface area contributed by atoms with Gasteiger partial charge < -0.3 is 15.2 Å². The van der Waals surface area contributed by atoms with Gasteiger partial charge in [0.15, 0.2) is 0 Å². The number of ether oxygens (including phenoxy) is 1. The molecule has 0 aliphatic rings. The second kappa shape index (κ2) is 6.81. The molecule has 0 saturated carbocycles. The Morgan fingerprint density at radius 2 is 1.81 bits per heavy atom. The average molecular weight is 293 g/mol. The van der Waals surface area contributed by atoms with Crippen molar-refractivity contribution >= 4 is 11.6 Å². The summed E-state index contributed by atoms with van der Waals surface area (Å²) in [6, 6.07) is 12.2. The monoisotopic (exact) mass is 293 g/mol. The van der Waals surface area contributed by atoms with Crippen molar-refractivity contribution in [1.29, 1.82) is 0 Å². The number of amides is 1. The van der Waals surface area contributed by atoms with Crippen LogP contribution in [0.2, 0.25) is 0 Å². The molecule has 2 aromatic carbocycles. The van der Waals surface area contributed by atoms with Gasteiger partial charge in [-0.15, -0.1) is 0 Å². The second-order valence-corrected chi connectivity index (χ2v) is 4.17. The summed E-state index contributed by atoms with van der Waals surface area (Å²) in [6.45, 7) is -3.10. The van der Waals surface area contributed by atoms with Gasteiger partial charge in [-0.3, -0.25) is 4.79 Å². The number of alkyl halides is 2. The lowest BCUT2D eigenvalue weighted by atomic mass is 10.1. The number of hydrogen-bond donors (Lipinski definition) is 2. The van der Waals surface area contributed by atoms with Crippen molar-refractivity contribution in [3.63, 3.8) is 0 Å². The lowest BCUT2D eigenvalue weighted by Gasteiger charge is -2.10. The van der Waals surface area contributed by atoms with E-state index < -0.39 is 12.5 Å². The summed E-state index contributed by atoms with van der Waals surface area (Å²) in [5.41, 5.74) is 1.38. The van der Waals surface area contributed by atoms with Crippen molar-refractivity contribution in [3.8, 4) is 5.75 Å². The highest BCUT2D eigenvalue weighted by molar-refractivity contribution is 6.04. The number of para-hydroxylation sites is 1. The topological polar surface area (TPSA) is 58.6 Å². The van der Waals surface area contributed by atoms with E-state index in [1.165, 1.54) is 24.3 Å². The first-order valence-corrected chi connectivity index (χ1v) is 6.15. The van der Waals surface area contributed by atoms with Gasteiger partial charge in [0.2, 0.25) is 0 Å². The Morgan fingerprint density at radius 3 is 2.43 bits per heavy atom. The van der Waals surface area contributed by atoms with Crippen molar-refractivity contribution in [2.45, 2.75) is 13.2 Å². The zero-order valence-corrected chi connectivity index (χ0v) is 10.9. The number of nitrogens with one attached hydrogen (secondary N) is 1. The normalized spacial score (nSPS) is 10.5. The maximum Gasteiger partial charge on any atom is 0.387 e. The molecule has 2 rings (SSSR count). The van der Waals surface area contributed by atoms with E-state index in [-0.39, 0.29) is 12.4 Å². The van der Waals surface area contributed by atoms with E-state index in [1.807, 2.05) is 0 Å². The van der Waals surface area contributed by atoms with Gasteiger partial charge in [0.1, 0.15) is 5.75 Å². The fourth-order valence-electron chi connectivity index (χ4n) is 1.76. The Kier molecular flexibility index (Phi) is 4.84. The lowest BCUT2D eigenvalue weighted by molar-refractivity contribution is -0.0498. The largest absolute Gasteiger partial charge is 0.435 e. The Morgan fingerprint density at radius 1 is 1.14 bits per heavy atom. The molecular formula is C15H13F2NO3. The van der Waals surface area contributed by atoms with Crippen molar-refractivity contribution in [3.05, 3.63) is 59.7 Å². The van der Waals surface area contributed by atoms with Crippen molar-refractivity contribution < 1.29 is 23.4 Å². The molecule has 0 aliphatic carbocycles. The van der Waals surface area contributed by atoms with Gasteiger partial charge in [-0.1, -0.05) is 18.2 Å². The van der Waals surface area contributed by atoms with Crippen LogP contribution in [-0.4, -0.2) is 17.6 Å². The highest BCUT2D eigenvalue weighted by atomic mass is 19.3. The van der Waals surface area contributed by atoms with Gasteiger partial charge >= 0.3 is 6.61 Å². The molecular weight excluding hydrogens is 280 g/mol. The summed E-state index contributed by atoms with van der Waals surface area (Å²) >= 11 is 0. The minimum Gasteiger partial charge on any atom is -0.435 e. The second-order valence-electron chi connectivity index (χ2n) is 4.17. The molecule has 6 heteroatoms. The quantitative estimate of drug-likeness (QED) is 0.891. The van der Waals surface area contributed by atoms with Crippen LogP contribution in [0.15, 0.2) is 48.5 Å². The molecule has 0 saturated heterocycles. The third-order valence-electron chi connectivity index (χ3n) is 2.78. The maximum atomic E-state index is 12.0. The van der Waals surface area contributed by atoms with Gasteiger partial charge in [0.05, 0.1) is 6.61 Å². The summed E-state index contributed by atoms with van der Waals surface area (Å²) in [4.78, 5) is 12.0. The molecule has 0 aromatic heterocycles. The molecule has 21 heavy (non-hydrogen) atoms. The zero-order valence-electron chi connectivity index (χ0n) is 10.9. The van der Waals surface area contributed by atoms with Crippen LogP contribution in [0.25, 0.3) is 0 Å². The predicted octanol–water partition coefficient (Wildman–Crippen LogP) is 3.03. The van der Waals surface area contributed by atoms with Crippen LogP contribution in [0.3, 0.4) is 0 Å². The molecule has 110 valence electrons. The Hall–Kier alpha value is -2.47. The number of halogens is 2. The molecule has 0 aliphatic heterocycles. The van der Waals surface area contributed by atoms with Crippen LogP contribution in [0.1, 0.15) is 15.9 Å². The number of carbonyl (C=O) groups is 1. The van der Waals surface area contributed by atoms with E-state index in [1.54, 1.807) is 24.3 Å². The summed E-state index contributed by atoms with van der Waals surface area (Å²) in [6.07, 6.45) is 0. The summed E-state index contributed by atoms with van der Waals surface area (Å²) < 4.78 is 28.3. The molecule has 0 heterocycles. The minimum atomic E-state index is -2.90. The maximum absolute atomic E-state index is 12.0. The van der Waals surface area contributed by atoms with Gasteiger partial charge in [-0.05, 0) is 30.3 Å². The van der Waals surface area contributed by atoms with Gasteiger partial charge in [0.25, 0.3) is 5.91 Å². The zero-order chi connectivity index (χ0) is 15.2. The Bertz CT molecular complexity index is 615. The highest BCUT2D eigenvalue weighted by Gasteiger charge is 2.10. The van der Waals surface area contributed by atoms with E-state index in [0.717, 1.165) is 0 Å². The Labute approximate surface area is 120 Å². The van der Waals surface area contributed by atoms with Crippen molar-refractivity contribution in [1.82, 2.24) is 0 Å². The SMILES string of the molecule is O=C(Nc1ccccc1CO)c1ccc(OC(F)F)cc1. The van der Waals surface area contributed by atoms with Crippen molar-refractivity contribution in [2.75, 3.05) is 5.32 Å². The van der Waals surface area contributed by atoms with Crippen LogP contribution < -0.4 is 10.1 Å². The van der Waals surface area contributed by atoms with Gasteiger partial charge in [-0.25, -0.2) is 0 Å². The molecule has 0 bridgehead atoms. The van der Waals surface area contributed by atoms with E-state index in [2.05, 4.69) is 10.1 Å². The van der Waals surface area contributed by atoms with Gasteiger partial charge in [-0.2, -0.15) is 8.78 Å². The number of anilines is 1. The first-order chi connectivity index (χ1) is 10.1. The Balaban J connectivity index is 2.09. The molecule has 2 N–H and O–H groups in total. The number of carbonyl (C=O) groups excluding carboxylic acids is 1.